The van der Waals surface area contributed by atoms with E-state index in [4.69, 9.17) is 10.2 Å². The van der Waals surface area contributed by atoms with Crippen LogP contribution >= 0.6 is 0 Å². The quantitative estimate of drug-likeness (QED) is 0.394. The molecule has 2 amide bonds. The van der Waals surface area contributed by atoms with Crippen LogP contribution in [-0.2, 0) is 16.0 Å². The van der Waals surface area contributed by atoms with E-state index in [-0.39, 0.29) is 23.2 Å². The highest BCUT2D eigenvalue weighted by Gasteiger charge is 2.29. The molecule has 0 radical (unpaired) electrons. The molecule has 1 atom stereocenters. The number of halogens is 2. The van der Waals surface area contributed by atoms with Gasteiger partial charge in [0.1, 0.15) is 17.3 Å². The molecule has 2 aromatic carbocycles. The monoisotopic (exact) mass is 453 g/mol. The average Bonchev–Trinajstić information content (AvgIpc) is 3.46. The van der Waals surface area contributed by atoms with Crippen LogP contribution < -0.4 is 11.1 Å². The molecule has 11 heteroatoms. The number of para-hydroxylation sites is 1. The van der Waals surface area contributed by atoms with E-state index in [9.17, 15) is 23.2 Å². The van der Waals surface area contributed by atoms with Crippen LogP contribution in [0, 0.1) is 0 Å². The third kappa shape index (κ3) is 4.47. The number of fused-ring (bicyclic) bond motifs is 1. The summed E-state index contributed by atoms with van der Waals surface area (Å²) in [4.78, 5) is 41.1. The van der Waals surface area contributed by atoms with Crippen molar-refractivity contribution in [2.45, 2.75) is 19.0 Å². The molecule has 4 aromatic rings. The first kappa shape index (κ1) is 21.8. The zero-order chi connectivity index (χ0) is 23.5. The Morgan fingerprint density at radius 2 is 1.85 bits per heavy atom. The van der Waals surface area contributed by atoms with Gasteiger partial charge in [0, 0.05) is 18.2 Å². The maximum atomic E-state index is 13.4. The lowest BCUT2D eigenvalue weighted by molar-refractivity contribution is -0.137. The number of primary amides is 1. The fourth-order valence-electron chi connectivity index (χ4n) is 3.40. The van der Waals surface area contributed by atoms with Gasteiger partial charge in [0.05, 0.1) is 5.56 Å². The minimum absolute atomic E-state index is 0.0223. The van der Waals surface area contributed by atoms with Crippen molar-refractivity contribution in [3.8, 4) is 11.3 Å². The summed E-state index contributed by atoms with van der Waals surface area (Å²) in [6, 6.07) is 12.1. The summed E-state index contributed by atoms with van der Waals surface area (Å²) in [5.74, 6) is -3.13. The van der Waals surface area contributed by atoms with E-state index in [1.54, 1.807) is 48.5 Å². The first-order chi connectivity index (χ1) is 15.8. The molecule has 0 fully saturated rings. The number of carbonyl (C=O) groups excluding carboxylic acids is 3. The van der Waals surface area contributed by atoms with Crippen LogP contribution in [0.25, 0.3) is 22.4 Å². The van der Waals surface area contributed by atoms with Gasteiger partial charge in [0.15, 0.2) is 12.0 Å². The number of hydrogen-bond donors (Lipinski definition) is 2. The molecule has 0 spiro atoms. The highest BCUT2D eigenvalue weighted by atomic mass is 19.3. The van der Waals surface area contributed by atoms with Gasteiger partial charge in [-0.25, -0.2) is 9.67 Å². The van der Waals surface area contributed by atoms with Crippen molar-refractivity contribution in [3.63, 3.8) is 0 Å². The highest BCUT2D eigenvalue weighted by Crippen LogP contribution is 2.30. The second kappa shape index (κ2) is 8.99. The number of hydrogen-bond acceptors (Lipinski definition) is 6. The lowest BCUT2D eigenvalue weighted by Gasteiger charge is -2.16. The van der Waals surface area contributed by atoms with Crippen LogP contribution in [-0.4, -0.2) is 38.4 Å². The van der Waals surface area contributed by atoms with Crippen LogP contribution in [0.15, 0.2) is 65.5 Å². The van der Waals surface area contributed by atoms with Crippen molar-refractivity contribution in [2.75, 3.05) is 0 Å². The van der Waals surface area contributed by atoms with E-state index in [0.717, 1.165) is 6.20 Å². The van der Waals surface area contributed by atoms with Crippen LogP contribution in [0.2, 0.25) is 0 Å². The van der Waals surface area contributed by atoms with Crippen LogP contribution in [0.3, 0.4) is 0 Å². The van der Waals surface area contributed by atoms with Crippen LogP contribution in [0.4, 0.5) is 8.78 Å². The smallest absolute Gasteiger partial charge is 0.333 e. The second-order valence-electron chi connectivity index (χ2n) is 7.10. The largest absolute Gasteiger partial charge is 0.443 e. The van der Waals surface area contributed by atoms with Gasteiger partial charge in [-0.2, -0.15) is 13.9 Å². The van der Waals surface area contributed by atoms with Gasteiger partial charge in [-0.05, 0) is 11.6 Å². The Bertz CT molecular complexity index is 1330. The zero-order valence-corrected chi connectivity index (χ0v) is 16.9. The maximum Gasteiger partial charge on any atom is 0.333 e. The van der Waals surface area contributed by atoms with E-state index in [1.807, 2.05) is 0 Å². The molecular formula is C22H17F2N5O4. The number of carbonyl (C=O) groups is 3. The third-order valence-corrected chi connectivity index (χ3v) is 4.94. The van der Waals surface area contributed by atoms with Gasteiger partial charge in [-0.15, -0.1) is 0 Å². The number of amides is 2. The summed E-state index contributed by atoms with van der Waals surface area (Å²) >= 11 is 0. The predicted molar refractivity (Wildman–Crippen MR) is 112 cm³/mol. The SMILES string of the molecule is NC(=O)C(=O)C(Cc1ccccc1)NC(=O)c1cn(C(F)F)nc1-c1cccc2ocnc12. The number of benzene rings is 2. The van der Waals surface area contributed by atoms with E-state index in [0.29, 0.717) is 21.3 Å². The topological polar surface area (TPSA) is 133 Å². The van der Waals surface area contributed by atoms with Crippen molar-refractivity contribution in [3.05, 3.63) is 72.2 Å². The Hall–Kier alpha value is -4.41. The van der Waals surface area contributed by atoms with Gasteiger partial charge >= 0.3 is 6.55 Å². The summed E-state index contributed by atoms with van der Waals surface area (Å²) in [6.07, 6.45) is 2.02. The Labute approximate surface area is 185 Å². The third-order valence-electron chi connectivity index (χ3n) is 4.94. The Morgan fingerprint density at radius 1 is 1.09 bits per heavy atom. The molecule has 0 saturated heterocycles. The lowest BCUT2D eigenvalue weighted by atomic mass is 10.0. The molecule has 4 rings (SSSR count). The normalized spacial score (nSPS) is 12.1. The number of nitrogens with one attached hydrogen (secondary N) is 1. The summed E-state index contributed by atoms with van der Waals surface area (Å²) in [5.41, 5.74) is 6.46. The minimum atomic E-state index is -3.02. The molecule has 0 aliphatic heterocycles. The minimum Gasteiger partial charge on any atom is -0.443 e. The summed E-state index contributed by atoms with van der Waals surface area (Å²) in [6.45, 7) is -3.02. The highest BCUT2D eigenvalue weighted by molar-refractivity contribution is 6.38. The van der Waals surface area contributed by atoms with Gasteiger partial charge in [0.25, 0.3) is 11.8 Å². The number of nitrogens with two attached hydrogens (primary N) is 1. The van der Waals surface area contributed by atoms with Gasteiger partial charge in [-0.1, -0.05) is 42.5 Å². The van der Waals surface area contributed by atoms with Crippen molar-refractivity contribution >= 4 is 28.7 Å². The summed E-state index contributed by atoms with van der Waals surface area (Å²) < 4.78 is 32.4. The standard InChI is InChI=1S/C22H17F2N5O4/c23-22(24)29-10-14(17(28-29)13-7-4-8-16-18(13)26-11-33-16)21(32)27-15(19(30)20(25)31)9-12-5-2-1-3-6-12/h1-8,10-11,15,22H,9H2,(H2,25,31)(H,27,32). The van der Waals surface area contributed by atoms with Crippen molar-refractivity contribution in [1.82, 2.24) is 20.1 Å². The Balaban J connectivity index is 1.72. The van der Waals surface area contributed by atoms with Crippen LogP contribution in [0.5, 0.6) is 0 Å². The fourth-order valence-corrected chi connectivity index (χ4v) is 3.40. The number of oxazole rings is 1. The molecule has 2 heterocycles. The number of Topliss-reactive ketones (excluding diaryl/α,β-unsaturated/α-hetero) is 1. The maximum absolute atomic E-state index is 13.4. The van der Waals surface area contributed by atoms with Crippen molar-refractivity contribution in [2.24, 2.45) is 5.73 Å². The van der Waals surface area contributed by atoms with E-state index >= 15 is 0 Å². The van der Waals surface area contributed by atoms with Crippen molar-refractivity contribution in [1.29, 1.82) is 0 Å². The van der Waals surface area contributed by atoms with E-state index < -0.39 is 30.2 Å². The van der Waals surface area contributed by atoms with Gasteiger partial charge in [-0.3, -0.25) is 14.4 Å². The number of rotatable bonds is 8. The number of aromatic nitrogens is 3. The molecule has 33 heavy (non-hydrogen) atoms. The van der Waals surface area contributed by atoms with E-state index in [2.05, 4.69) is 15.4 Å². The summed E-state index contributed by atoms with van der Waals surface area (Å²) in [7, 11) is 0. The zero-order valence-electron chi connectivity index (χ0n) is 16.9. The number of nitrogens with zero attached hydrogens (tertiary/aromatic N) is 3. The first-order valence-electron chi connectivity index (χ1n) is 9.73. The van der Waals surface area contributed by atoms with Gasteiger partial charge in [0.2, 0.25) is 5.78 Å². The van der Waals surface area contributed by atoms with Gasteiger partial charge < -0.3 is 15.5 Å². The molecule has 3 N–H and O–H groups in total. The van der Waals surface area contributed by atoms with Crippen molar-refractivity contribution < 1.29 is 27.6 Å². The molecular weight excluding hydrogens is 436 g/mol. The molecule has 0 bridgehead atoms. The Morgan fingerprint density at radius 3 is 2.55 bits per heavy atom. The molecule has 0 aliphatic rings. The average molecular weight is 453 g/mol. The molecule has 0 saturated carbocycles. The Kier molecular flexibility index (Phi) is 5.94. The molecule has 168 valence electrons. The molecule has 9 nitrogen and oxygen atoms in total. The first-order valence-corrected chi connectivity index (χ1v) is 9.73. The predicted octanol–water partition coefficient (Wildman–Crippen LogP) is 2.48. The number of ketones is 1. The number of alkyl halides is 2. The lowest BCUT2D eigenvalue weighted by Crippen LogP contribution is -2.47. The summed E-state index contributed by atoms with van der Waals surface area (Å²) in [5, 5.41) is 6.29. The fraction of sp³-hybridized carbons (Fsp3) is 0.136. The molecule has 0 aliphatic carbocycles. The van der Waals surface area contributed by atoms with Crippen LogP contribution in [0.1, 0.15) is 22.5 Å². The molecule has 2 aromatic heterocycles. The molecule has 1 unspecified atom stereocenters. The van der Waals surface area contributed by atoms with E-state index in [1.165, 1.54) is 6.39 Å². The second-order valence-corrected chi connectivity index (χ2v) is 7.10.